The molecule has 1 heteroatoms. The lowest BCUT2D eigenvalue weighted by atomic mass is 9.69. The normalized spacial score (nSPS) is 14.8. The molecule has 0 aliphatic carbocycles. The van der Waals surface area contributed by atoms with Gasteiger partial charge in [0.2, 0.25) is 0 Å². The minimum Gasteiger partial charge on any atom is -0.302 e. The number of allylic oxidation sites excluding steroid dienone is 1. The fourth-order valence-corrected chi connectivity index (χ4v) is 3.21. The summed E-state index contributed by atoms with van der Waals surface area (Å²) < 4.78 is 0. The van der Waals surface area contributed by atoms with Gasteiger partial charge in [0.15, 0.2) is 0 Å². The van der Waals surface area contributed by atoms with E-state index < -0.39 is 5.41 Å². The van der Waals surface area contributed by atoms with Crippen LogP contribution in [0.25, 0.3) is 6.08 Å². The van der Waals surface area contributed by atoms with E-state index >= 15 is 0 Å². The molecule has 0 heterocycles. The average molecular weight is 326 g/mol. The summed E-state index contributed by atoms with van der Waals surface area (Å²) in [5.41, 5.74) is 2.66. The smallest absolute Gasteiger partial charge is 0.131 e. The Hall–Kier alpha value is -2.93. The second-order valence-electron chi connectivity index (χ2n) is 6.42. The third-order valence-electron chi connectivity index (χ3n) is 4.73. The van der Waals surface area contributed by atoms with Gasteiger partial charge < -0.3 is 4.79 Å². The first-order chi connectivity index (χ1) is 12.2. The van der Waals surface area contributed by atoms with Gasteiger partial charge in [0.1, 0.15) is 6.29 Å². The maximum Gasteiger partial charge on any atom is 0.131 e. The molecule has 2 atom stereocenters. The van der Waals surface area contributed by atoms with Crippen LogP contribution >= 0.6 is 0 Å². The van der Waals surface area contributed by atoms with Crippen molar-refractivity contribution in [2.24, 2.45) is 0 Å². The lowest BCUT2D eigenvalue weighted by Crippen LogP contribution is -2.31. The third-order valence-corrected chi connectivity index (χ3v) is 4.73. The van der Waals surface area contributed by atoms with Crippen LogP contribution in [0.15, 0.2) is 97.1 Å². The quantitative estimate of drug-likeness (QED) is 0.536. The summed E-state index contributed by atoms with van der Waals surface area (Å²) in [6.45, 7) is 2.02. The van der Waals surface area contributed by atoms with E-state index in [0.717, 1.165) is 23.0 Å². The molecule has 25 heavy (non-hydrogen) atoms. The molecule has 0 N–H and O–H groups in total. The van der Waals surface area contributed by atoms with Crippen LogP contribution in [0, 0.1) is 0 Å². The predicted octanol–water partition coefficient (Wildman–Crippen LogP) is 5.64. The summed E-state index contributed by atoms with van der Waals surface area (Å²) in [6.07, 6.45) is 5.32. The van der Waals surface area contributed by atoms with Crippen LogP contribution in [0.4, 0.5) is 0 Å². The van der Waals surface area contributed by atoms with E-state index in [4.69, 9.17) is 0 Å². The van der Waals surface area contributed by atoms with Crippen LogP contribution in [-0.2, 0) is 10.2 Å². The van der Waals surface area contributed by atoms with Gasteiger partial charge >= 0.3 is 0 Å². The van der Waals surface area contributed by atoms with Crippen molar-refractivity contribution in [1.82, 2.24) is 0 Å². The van der Waals surface area contributed by atoms with Gasteiger partial charge in [-0.1, -0.05) is 103 Å². The molecule has 0 unspecified atom stereocenters. The molecule has 3 aromatic rings. The molecule has 0 aliphatic heterocycles. The van der Waals surface area contributed by atoms with Crippen molar-refractivity contribution in [3.05, 3.63) is 114 Å². The Morgan fingerprint density at radius 2 is 1.28 bits per heavy atom. The summed E-state index contributed by atoms with van der Waals surface area (Å²) in [7, 11) is 0. The monoisotopic (exact) mass is 326 g/mol. The van der Waals surface area contributed by atoms with E-state index in [2.05, 4.69) is 36.4 Å². The largest absolute Gasteiger partial charge is 0.302 e. The van der Waals surface area contributed by atoms with Crippen molar-refractivity contribution in [3.63, 3.8) is 0 Å². The van der Waals surface area contributed by atoms with Gasteiger partial charge in [0, 0.05) is 5.92 Å². The highest BCUT2D eigenvalue weighted by Crippen LogP contribution is 2.39. The number of carbonyl (C=O) groups excluding carboxylic acids is 1. The van der Waals surface area contributed by atoms with Crippen LogP contribution in [0.3, 0.4) is 0 Å². The Morgan fingerprint density at radius 3 is 1.84 bits per heavy atom. The Bertz CT molecular complexity index is 822. The first kappa shape index (κ1) is 16.9. The van der Waals surface area contributed by atoms with Gasteiger partial charge in [-0.3, -0.25) is 0 Å². The maximum atomic E-state index is 12.2. The van der Waals surface area contributed by atoms with E-state index in [1.807, 2.05) is 73.7 Å². The SMILES string of the molecule is C[C@](C=O)(c1ccccc1)[C@H](/C=C/c1ccccc1)c1ccccc1. The number of hydrogen-bond acceptors (Lipinski definition) is 1. The van der Waals surface area contributed by atoms with E-state index in [0.29, 0.717) is 0 Å². The lowest BCUT2D eigenvalue weighted by Gasteiger charge is -2.32. The number of hydrogen-bond donors (Lipinski definition) is 0. The van der Waals surface area contributed by atoms with Crippen molar-refractivity contribution in [1.29, 1.82) is 0 Å². The molecule has 0 amide bonds. The van der Waals surface area contributed by atoms with E-state index in [1.165, 1.54) is 0 Å². The highest BCUT2D eigenvalue weighted by atomic mass is 16.1. The highest BCUT2D eigenvalue weighted by molar-refractivity contribution is 5.72. The van der Waals surface area contributed by atoms with Crippen molar-refractivity contribution in [2.75, 3.05) is 0 Å². The summed E-state index contributed by atoms with van der Waals surface area (Å²) >= 11 is 0. The van der Waals surface area contributed by atoms with Crippen molar-refractivity contribution in [2.45, 2.75) is 18.3 Å². The zero-order valence-electron chi connectivity index (χ0n) is 14.4. The van der Waals surface area contributed by atoms with E-state index in [9.17, 15) is 4.79 Å². The molecule has 0 radical (unpaired) electrons. The summed E-state index contributed by atoms with van der Waals surface area (Å²) in [6, 6.07) is 30.4. The Balaban J connectivity index is 2.07. The van der Waals surface area contributed by atoms with E-state index in [1.54, 1.807) is 0 Å². The van der Waals surface area contributed by atoms with Crippen molar-refractivity contribution >= 4 is 12.4 Å². The highest BCUT2D eigenvalue weighted by Gasteiger charge is 2.35. The van der Waals surface area contributed by atoms with Crippen LogP contribution in [0.1, 0.15) is 29.5 Å². The molecule has 3 rings (SSSR count). The maximum absolute atomic E-state index is 12.2. The second-order valence-corrected chi connectivity index (χ2v) is 6.42. The van der Waals surface area contributed by atoms with Gasteiger partial charge in [-0.15, -0.1) is 0 Å². The first-order valence-electron chi connectivity index (χ1n) is 8.54. The summed E-state index contributed by atoms with van der Waals surface area (Å²) in [5.74, 6) is -0.0474. The predicted molar refractivity (Wildman–Crippen MR) is 105 cm³/mol. The topological polar surface area (TPSA) is 17.1 Å². The molecule has 0 saturated heterocycles. The van der Waals surface area contributed by atoms with Gasteiger partial charge in [-0.25, -0.2) is 0 Å². The lowest BCUT2D eigenvalue weighted by molar-refractivity contribution is -0.112. The minimum atomic E-state index is -0.631. The molecule has 1 nitrogen and oxygen atoms in total. The number of carbonyl (C=O) groups is 1. The molecule has 0 aromatic heterocycles. The van der Waals surface area contributed by atoms with Crippen molar-refractivity contribution < 1.29 is 4.79 Å². The van der Waals surface area contributed by atoms with Crippen LogP contribution in [-0.4, -0.2) is 6.29 Å². The van der Waals surface area contributed by atoms with Crippen LogP contribution < -0.4 is 0 Å². The molecular formula is C24H22O. The van der Waals surface area contributed by atoms with E-state index in [-0.39, 0.29) is 5.92 Å². The molecule has 0 bridgehead atoms. The fraction of sp³-hybridized carbons (Fsp3) is 0.125. The number of benzene rings is 3. The zero-order valence-corrected chi connectivity index (χ0v) is 14.4. The van der Waals surface area contributed by atoms with Gasteiger partial charge in [-0.2, -0.15) is 0 Å². The summed E-state index contributed by atoms with van der Waals surface area (Å²) in [4.78, 5) is 12.2. The molecule has 0 fully saturated rings. The van der Waals surface area contributed by atoms with Crippen LogP contribution in [0.2, 0.25) is 0 Å². The molecule has 0 aliphatic rings. The Morgan fingerprint density at radius 1 is 0.760 bits per heavy atom. The molecule has 124 valence electrons. The van der Waals surface area contributed by atoms with Gasteiger partial charge in [0.25, 0.3) is 0 Å². The Labute approximate surface area is 149 Å². The Kier molecular flexibility index (Phi) is 5.25. The number of rotatable bonds is 6. The summed E-state index contributed by atoms with van der Waals surface area (Å²) in [5, 5.41) is 0. The zero-order chi connectivity index (χ0) is 17.5. The molecule has 0 spiro atoms. The van der Waals surface area contributed by atoms with Gasteiger partial charge in [-0.05, 0) is 23.6 Å². The molecule has 3 aromatic carbocycles. The first-order valence-corrected chi connectivity index (χ1v) is 8.54. The molecule has 0 saturated carbocycles. The van der Waals surface area contributed by atoms with Crippen molar-refractivity contribution in [3.8, 4) is 0 Å². The number of aldehydes is 1. The minimum absolute atomic E-state index is 0.0474. The molecular weight excluding hydrogens is 304 g/mol. The second kappa shape index (κ2) is 7.76. The third kappa shape index (κ3) is 3.77. The average Bonchev–Trinajstić information content (AvgIpc) is 2.70. The fourth-order valence-electron chi connectivity index (χ4n) is 3.21. The standard InChI is InChI=1S/C24H22O/c1-24(19-25,22-15-9-4-10-16-22)23(21-13-7-3-8-14-21)18-17-20-11-5-2-6-12-20/h2-19,23H,1H3/b18-17+/t23-,24+/m1/s1. The van der Waals surface area contributed by atoms with Crippen LogP contribution in [0.5, 0.6) is 0 Å². The van der Waals surface area contributed by atoms with Gasteiger partial charge in [0.05, 0.1) is 5.41 Å².